The molecule has 0 aromatic heterocycles. The van der Waals surface area contributed by atoms with E-state index in [9.17, 15) is 32.8 Å². The Morgan fingerprint density at radius 2 is 1.56 bits per heavy atom. The molecule has 0 spiro atoms. The summed E-state index contributed by atoms with van der Waals surface area (Å²) in [5.74, 6) is -3.10. The predicted octanol–water partition coefficient (Wildman–Crippen LogP) is 2.74. The van der Waals surface area contributed by atoms with E-state index in [1.165, 1.54) is 32.0 Å². The van der Waals surface area contributed by atoms with E-state index in [1.54, 1.807) is 0 Å². The first-order valence-corrected chi connectivity index (χ1v) is 8.33. The predicted molar refractivity (Wildman–Crippen MR) is 86.2 cm³/mol. The molecule has 0 atom stereocenters. The fraction of sp³-hybridized carbons (Fsp3) is 0.125. The van der Waals surface area contributed by atoms with E-state index in [-0.39, 0.29) is 33.8 Å². The second kappa shape index (κ2) is 6.54. The van der Waals surface area contributed by atoms with E-state index in [0.717, 1.165) is 12.1 Å². The topological polar surface area (TPSA) is 138 Å². The van der Waals surface area contributed by atoms with Crippen LogP contribution in [0, 0.1) is 13.8 Å². The number of carbonyl (C=O) groups is 2. The van der Waals surface area contributed by atoms with Gasteiger partial charge in [-0.1, -0.05) is 12.1 Å². The highest BCUT2D eigenvalue weighted by atomic mass is 32.2. The molecule has 25 heavy (non-hydrogen) atoms. The van der Waals surface area contributed by atoms with Gasteiger partial charge in [-0.25, -0.2) is 9.59 Å². The third-order valence-electron chi connectivity index (χ3n) is 3.59. The number of aromatic carboxylic acids is 2. The number of para-hydroxylation sites is 1. The number of carboxylic acids is 2. The summed E-state index contributed by atoms with van der Waals surface area (Å²) in [7, 11) is -4.59. The molecule has 0 fully saturated rings. The number of carboxylic acid groups (broad SMARTS) is 2. The molecule has 2 aromatic rings. The van der Waals surface area contributed by atoms with Crippen molar-refractivity contribution in [3.05, 3.63) is 52.6 Å². The lowest BCUT2D eigenvalue weighted by Gasteiger charge is -2.16. The van der Waals surface area contributed by atoms with Gasteiger partial charge in [-0.3, -0.25) is 4.55 Å². The molecule has 0 heterocycles. The van der Waals surface area contributed by atoms with Crippen LogP contribution in [-0.4, -0.2) is 35.1 Å². The molecule has 0 bridgehead atoms. The summed E-state index contributed by atoms with van der Waals surface area (Å²) >= 11 is 0. The molecule has 0 unspecified atom stereocenters. The van der Waals surface area contributed by atoms with Crippen LogP contribution < -0.4 is 4.74 Å². The van der Waals surface area contributed by atoms with Crippen LogP contribution in [0.1, 0.15) is 31.8 Å². The highest BCUT2D eigenvalue weighted by Gasteiger charge is 2.24. The Kier molecular flexibility index (Phi) is 4.82. The minimum atomic E-state index is -4.59. The quantitative estimate of drug-likeness (QED) is 0.687. The van der Waals surface area contributed by atoms with Crippen molar-refractivity contribution < 1.29 is 37.5 Å². The number of ether oxygens (including phenoxy) is 1. The van der Waals surface area contributed by atoms with Crippen molar-refractivity contribution in [1.82, 2.24) is 0 Å². The van der Waals surface area contributed by atoms with E-state index >= 15 is 0 Å². The zero-order valence-corrected chi connectivity index (χ0v) is 14.0. The molecule has 3 N–H and O–H groups in total. The smallest absolute Gasteiger partial charge is 0.336 e. The first-order valence-electron chi connectivity index (χ1n) is 6.89. The van der Waals surface area contributed by atoms with Gasteiger partial charge in [0.05, 0.1) is 11.1 Å². The molecule has 0 saturated carbocycles. The Morgan fingerprint density at radius 3 is 2.08 bits per heavy atom. The SMILES string of the molecule is Cc1c(Oc2ccccc2S(=O)(=O)O)cc(C(=O)O)c(C)c1C(=O)O. The lowest BCUT2D eigenvalue weighted by atomic mass is 9.96. The van der Waals surface area contributed by atoms with Gasteiger partial charge in [-0.2, -0.15) is 8.42 Å². The summed E-state index contributed by atoms with van der Waals surface area (Å²) in [5, 5.41) is 18.6. The second-order valence-corrected chi connectivity index (χ2v) is 6.57. The second-order valence-electron chi connectivity index (χ2n) is 5.18. The third-order valence-corrected chi connectivity index (χ3v) is 4.48. The molecule has 0 aliphatic rings. The summed E-state index contributed by atoms with van der Waals surface area (Å²) in [6, 6.07) is 6.28. The van der Waals surface area contributed by atoms with Gasteiger partial charge >= 0.3 is 11.9 Å². The molecule has 0 amide bonds. The summed E-state index contributed by atoms with van der Waals surface area (Å²) in [4.78, 5) is 22.3. The van der Waals surface area contributed by atoms with Crippen molar-refractivity contribution in [2.24, 2.45) is 0 Å². The Hall–Kier alpha value is -2.91. The fourth-order valence-electron chi connectivity index (χ4n) is 2.40. The minimum absolute atomic E-state index is 0.0490. The average molecular weight is 366 g/mol. The van der Waals surface area contributed by atoms with Gasteiger partial charge in [-0.05, 0) is 37.6 Å². The summed E-state index contributed by atoms with van der Waals surface area (Å²) < 4.78 is 37.5. The molecule has 2 rings (SSSR count). The Bertz CT molecular complexity index is 976. The zero-order valence-electron chi connectivity index (χ0n) is 13.2. The van der Waals surface area contributed by atoms with Crippen molar-refractivity contribution in [2.45, 2.75) is 18.7 Å². The average Bonchev–Trinajstić information content (AvgIpc) is 2.49. The molecular formula is C16H14O8S. The van der Waals surface area contributed by atoms with Crippen LogP contribution >= 0.6 is 0 Å². The highest BCUT2D eigenvalue weighted by molar-refractivity contribution is 7.86. The van der Waals surface area contributed by atoms with Gasteiger partial charge in [0.2, 0.25) is 0 Å². The molecule has 8 nitrogen and oxygen atoms in total. The van der Waals surface area contributed by atoms with E-state index in [1.807, 2.05) is 0 Å². The number of hydrogen-bond donors (Lipinski definition) is 3. The van der Waals surface area contributed by atoms with Gasteiger partial charge in [0, 0.05) is 5.56 Å². The van der Waals surface area contributed by atoms with Crippen molar-refractivity contribution in [3.8, 4) is 11.5 Å². The summed E-state index contributed by atoms with van der Waals surface area (Å²) in [5.41, 5.74) is -0.366. The summed E-state index contributed by atoms with van der Waals surface area (Å²) in [6.45, 7) is 2.77. The maximum atomic E-state index is 11.5. The van der Waals surface area contributed by atoms with E-state index in [4.69, 9.17) is 4.74 Å². The van der Waals surface area contributed by atoms with Crippen molar-refractivity contribution >= 4 is 22.1 Å². The van der Waals surface area contributed by atoms with Crippen LogP contribution in [0.4, 0.5) is 0 Å². The fourth-order valence-corrected chi connectivity index (χ4v) is 3.02. The maximum absolute atomic E-state index is 11.5. The van der Waals surface area contributed by atoms with Crippen molar-refractivity contribution in [2.75, 3.05) is 0 Å². The van der Waals surface area contributed by atoms with Crippen LogP contribution in [0.5, 0.6) is 11.5 Å². The number of benzene rings is 2. The van der Waals surface area contributed by atoms with Crippen LogP contribution in [0.2, 0.25) is 0 Å². The molecule has 0 radical (unpaired) electrons. The first-order chi connectivity index (χ1) is 11.5. The van der Waals surface area contributed by atoms with E-state index < -0.39 is 27.0 Å². The number of hydrogen-bond acceptors (Lipinski definition) is 5. The molecular weight excluding hydrogens is 352 g/mol. The third kappa shape index (κ3) is 3.62. The van der Waals surface area contributed by atoms with Gasteiger partial charge in [0.15, 0.2) is 0 Å². The van der Waals surface area contributed by atoms with Gasteiger partial charge in [-0.15, -0.1) is 0 Å². The monoisotopic (exact) mass is 366 g/mol. The zero-order chi connectivity index (χ0) is 18.9. The highest BCUT2D eigenvalue weighted by Crippen LogP contribution is 2.34. The normalized spacial score (nSPS) is 11.2. The van der Waals surface area contributed by atoms with Gasteiger partial charge < -0.3 is 14.9 Å². The standard InChI is InChI=1S/C16H14O8S/c1-8-10(15(17)18)7-12(9(2)14(8)16(19)20)24-11-5-3-4-6-13(11)25(21,22)23/h3-7H,1-2H3,(H,17,18)(H,19,20)(H,21,22,23). The van der Waals surface area contributed by atoms with Crippen molar-refractivity contribution in [1.29, 1.82) is 0 Å². The lowest BCUT2D eigenvalue weighted by molar-refractivity contribution is 0.0694. The minimum Gasteiger partial charge on any atom is -0.478 e. The summed E-state index contributed by atoms with van der Waals surface area (Å²) in [6.07, 6.45) is 0. The Balaban J connectivity index is 2.70. The molecule has 0 aliphatic heterocycles. The van der Waals surface area contributed by atoms with E-state index in [0.29, 0.717) is 0 Å². The van der Waals surface area contributed by atoms with Gasteiger partial charge in [0.25, 0.3) is 10.1 Å². The first kappa shape index (κ1) is 18.4. The molecule has 132 valence electrons. The van der Waals surface area contributed by atoms with Crippen molar-refractivity contribution in [3.63, 3.8) is 0 Å². The Labute approximate surface area is 143 Å². The molecule has 0 saturated heterocycles. The number of rotatable bonds is 5. The van der Waals surface area contributed by atoms with Crippen LogP contribution in [0.25, 0.3) is 0 Å². The Morgan fingerprint density at radius 1 is 0.960 bits per heavy atom. The molecule has 0 aliphatic carbocycles. The largest absolute Gasteiger partial charge is 0.478 e. The lowest BCUT2D eigenvalue weighted by Crippen LogP contribution is -2.11. The van der Waals surface area contributed by atoms with E-state index in [2.05, 4.69) is 0 Å². The van der Waals surface area contributed by atoms with Crippen LogP contribution in [-0.2, 0) is 10.1 Å². The van der Waals surface area contributed by atoms with Gasteiger partial charge in [0.1, 0.15) is 16.4 Å². The maximum Gasteiger partial charge on any atom is 0.336 e. The van der Waals surface area contributed by atoms with Crippen LogP contribution in [0.15, 0.2) is 35.2 Å². The molecule has 2 aromatic carbocycles. The van der Waals surface area contributed by atoms with Crippen LogP contribution in [0.3, 0.4) is 0 Å². The molecule has 9 heteroatoms.